The molecule has 0 saturated carbocycles. The molecule has 2 N–H and O–H groups in total. The standard InChI is InChI=1S/C22H24BrN3O2/c1-28-18-6-4-5-15(12-18)21(26-9-2-3-10-26)14-24-22(27)20-13-16-11-17(23)7-8-19(16)25-20/h4-8,11-13,21,25H,2-3,9-10,14H2,1H3,(H,24,27)/t21-/m0/s1. The number of ether oxygens (including phenoxy) is 1. The molecule has 0 unspecified atom stereocenters. The lowest BCUT2D eigenvalue weighted by atomic mass is 10.0. The third kappa shape index (κ3) is 4.08. The van der Waals surface area contributed by atoms with Crippen LogP contribution in [-0.4, -0.2) is 42.5 Å². The number of aromatic amines is 1. The van der Waals surface area contributed by atoms with Crippen LogP contribution in [0.25, 0.3) is 10.9 Å². The minimum absolute atomic E-state index is 0.0839. The average Bonchev–Trinajstić information content (AvgIpc) is 3.38. The maximum atomic E-state index is 12.8. The monoisotopic (exact) mass is 441 g/mol. The van der Waals surface area contributed by atoms with Crippen molar-refractivity contribution in [2.75, 3.05) is 26.7 Å². The third-order valence-electron chi connectivity index (χ3n) is 5.34. The highest BCUT2D eigenvalue weighted by atomic mass is 79.9. The summed E-state index contributed by atoms with van der Waals surface area (Å²) in [5.41, 5.74) is 2.71. The number of H-pyrrole nitrogens is 1. The molecule has 146 valence electrons. The van der Waals surface area contributed by atoms with E-state index in [1.807, 2.05) is 36.4 Å². The molecule has 28 heavy (non-hydrogen) atoms. The lowest BCUT2D eigenvalue weighted by Crippen LogP contribution is -2.36. The number of hydrogen-bond acceptors (Lipinski definition) is 3. The van der Waals surface area contributed by atoms with Crippen molar-refractivity contribution in [3.05, 3.63) is 64.3 Å². The summed E-state index contributed by atoms with van der Waals surface area (Å²) in [5, 5.41) is 4.14. The normalized spacial score (nSPS) is 15.6. The van der Waals surface area contributed by atoms with Gasteiger partial charge in [0.2, 0.25) is 0 Å². The van der Waals surface area contributed by atoms with Gasteiger partial charge in [0.05, 0.1) is 13.2 Å². The van der Waals surface area contributed by atoms with Crippen molar-refractivity contribution in [2.24, 2.45) is 0 Å². The number of halogens is 1. The van der Waals surface area contributed by atoms with Crippen molar-refractivity contribution in [1.82, 2.24) is 15.2 Å². The number of fused-ring (bicyclic) bond motifs is 1. The van der Waals surface area contributed by atoms with Crippen LogP contribution in [0.5, 0.6) is 5.75 Å². The van der Waals surface area contributed by atoms with Gasteiger partial charge >= 0.3 is 0 Å². The minimum Gasteiger partial charge on any atom is -0.497 e. The summed E-state index contributed by atoms with van der Waals surface area (Å²) in [7, 11) is 1.68. The predicted molar refractivity (Wildman–Crippen MR) is 115 cm³/mol. The van der Waals surface area contributed by atoms with Crippen LogP contribution in [-0.2, 0) is 0 Å². The maximum Gasteiger partial charge on any atom is 0.267 e. The lowest BCUT2D eigenvalue weighted by Gasteiger charge is -2.28. The highest BCUT2D eigenvalue weighted by Crippen LogP contribution is 2.27. The Balaban J connectivity index is 1.52. The van der Waals surface area contributed by atoms with Crippen LogP contribution in [0.3, 0.4) is 0 Å². The molecule has 0 spiro atoms. The van der Waals surface area contributed by atoms with E-state index in [2.05, 4.69) is 43.3 Å². The van der Waals surface area contributed by atoms with Crippen LogP contribution >= 0.6 is 15.9 Å². The number of hydrogen-bond donors (Lipinski definition) is 2. The van der Waals surface area contributed by atoms with Gasteiger partial charge in [0.1, 0.15) is 11.4 Å². The largest absolute Gasteiger partial charge is 0.497 e. The van der Waals surface area contributed by atoms with Crippen molar-refractivity contribution in [3.8, 4) is 5.75 Å². The second kappa shape index (κ2) is 8.37. The molecule has 2 aromatic carbocycles. The molecule has 1 amide bonds. The topological polar surface area (TPSA) is 57.4 Å². The zero-order chi connectivity index (χ0) is 19.5. The highest BCUT2D eigenvalue weighted by Gasteiger charge is 2.24. The van der Waals surface area contributed by atoms with Gasteiger partial charge in [0.15, 0.2) is 0 Å². The molecule has 0 aliphatic carbocycles. The number of nitrogens with one attached hydrogen (secondary N) is 2. The summed E-state index contributed by atoms with van der Waals surface area (Å²) in [6, 6.07) is 16.1. The van der Waals surface area contributed by atoms with Crippen molar-refractivity contribution in [3.63, 3.8) is 0 Å². The molecule has 5 nitrogen and oxygen atoms in total. The van der Waals surface area contributed by atoms with Crippen molar-refractivity contribution >= 4 is 32.7 Å². The summed E-state index contributed by atoms with van der Waals surface area (Å²) in [5.74, 6) is 0.758. The van der Waals surface area contributed by atoms with Gasteiger partial charge in [0, 0.05) is 21.9 Å². The Morgan fingerprint density at radius 1 is 1.21 bits per heavy atom. The Morgan fingerprint density at radius 2 is 2.04 bits per heavy atom. The van der Waals surface area contributed by atoms with E-state index < -0.39 is 0 Å². The van der Waals surface area contributed by atoms with E-state index in [-0.39, 0.29) is 11.9 Å². The van der Waals surface area contributed by atoms with Gasteiger partial charge in [-0.1, -0.05) is 28.1 Å². The molecular weight excluding hydrogens is 418 g/mol. The molecule has 2 heterocycles. The van der Waals surface area contributed by atoms with Gasteiger partial charge in [-0.05, 0) is 67.9 Å². The molecule has 1 fully saturated rings. The van der Waals surface area contributed by atoms with Crippen LogP contribution in [0.4, 0.5) is 0 Å². The Kier molecular flexibility index (Phi) is 5.69. The van der Waals surface area contributed by atoms with Crippen LogP contribution in [0.1, 0.15) is 34.9 Å². The highest BCUT2D eigenvalue weighted by molar-refractivity contribution is 9.10. The number of aromatic nitrogens is 1. The van der Waals surface area contributed by atoms with Crippen LogP contribution in [0.2, 0.25) is 0 Å². The molecule has 0 radical (unpaired) electrons. The van der Waals surface area contributed by atoms with Gasteiger partial charge in [-0.3, -0.25) is 9.69 Å². The number of carbonyl (C=O) groups is 1. The Bertz CT molecular complexity index is 979. The molecule has 0 bridgehead atoms. The third-order valence-corrected chi connectivity index (χ3v) is 5.84. The van der Waals surface area contributed by atoms with Crippen LogP contribution in [0, 0.1) is 0 Å². The molecule has 1 atom stereocenters. The first-order chi connectivity index (χ1) is 13.6. The van der Waals surface area contributed by atoms with Crippen LogP contribution < -0.4 is 10.1 Å². The summed E-state index contributed by atoms with van der Waals surface area (Å²) in [6.07, 6.45) is 2.40. The van der Waals surface area contributed by atoms with Crippen LogP contribution in [0.15, 0.2) is 53.0 Å². The van der Waals surface area contributed by atoms with Gasteiger partial charge in [-0.2, -0.15) is 0 Å². The lowest BCUT2D eigenvalue weighted by molar-refractivity contribution is 0.0933. The molecule has 6 heteroatoms. The first-order valence-corrected chi connectivity index (χ1v) is 10.4. The summed E-state index contributed by atoms with van der Waals surface area (Å²) in [6.45, 7) is 2.67. The fourth-order valence-corrected chi connectivity index (χ4v) is 4.25. The number of benzene rings is 2. The smallest absolute Gasteiger partial charge is 0.267 e. The predicted octanol–water partition coefficient (Wildman–Crippen LogP) is 4.51. The fraction of sp³-hybridized carbons (Fsp3) is 0.318. The summed E-state index contributed by atoms with van der Waals surface area (Å²) >= 11 is 3.47. The molecule has 4 rings (SSSR count). The molecule has 1 aromatic heterocycles. The van der Waals surface area contributed by atoms with E-state index in [1.54, 1.807) is 7.11 Å². The minimum atomic E-state index is -0.0839. The van der Waals surface area contributed by atoms with Gasteiger partial charge < -0.3 is 15.0 Å². The molecule has 3 aromatic rings. The SMILES string of the molecule is COc1cccc([C@H](CNC(=O)c2cc3cc(Br)ccc3[nH]2)N2CCCC2)c1. The fourth-order valence-electron chi connectivity index (χ4n) is 3.87. The van der Waals surface area contributed by atoms with Gasteiger partial charge in [-0.25, -0.2) is 0 Å². The second-order valence-electron chi connectivity index (χ2n) is 7.16. The zero-order valence-corrected chi connectivity index (χ0v) is 17.5. The van der Waals surface area contributed by atoms with Crippen molar-refractivity contribution in [1.29, 1.82) is 0 Å². The number of nitrogens with zero attached hydrogens (tertiary/aromatic N) is 1. The first kappa shape index (κ1) is 19.0. The van der Waals surface area contributed by atoms with E-state index in [9.17, 15) is 4.79 Å². The Hall–Kier alpha value is -2.31. The zero-order valence-electron chi connectivity index (χ0n) is 15.9. The number of methoxy groups -OCH3 is 1. The summed E-state index contributed by atoms with van der Waals surface area (Å²) < 4.78 is 6.39. The summed E-state index contributed by atoms with van der Waals surface area (Å²) in [4.78, 5) is 18.4. The second-order valence-corrected chi connectivity index (χ2v) is 8.08. The molecule has 1 aliphatic rings. The first-order valence-electron chi connectivity index (χ1n) is 9.58. The number of likely N-dealkylation sites (tertiary alicyclic amines) is 1. The van der Waals surface area contributed by atoms with E-state index in [4.69, 9.17) is 4.74 Å². The van der Waals surface area contributed by atoms with E-state index in [1.165, 1.54) is 18.4 Å². The quantitative estimate of drug-likeness (QED) is 0.591. The molecular formula is C22H24BrN3O2. The van der Waals surface area contributed by atoms with E-state index in [0.29, 0.717) is 12.2 Å². The van der Waals surface area contributed by atoms with E-state index in [0.717, 1.165) is 34.2 Å². The van der Waals surface area contributed by atoms with Gasteiger partial charge in [0.25, 0.3) is 5.91 Å². The van der Waals surface area contributed by atoms with Crippen molar-refractivity contribution in [2.45, 2.75) is 18.9 Å². The van der Waals surface area contributed by atoms with Gasteiger partial charge in [-0.15, -0.1) is 0 Å². The molecule has 1 saturated heterocycles. The van der Waals surface area contributed by atoms with Crippen molar-refractivity contribution < 1.29 is 9.53 Å². The average molecular weight is 442 g/mol. The van der Waals surface area contributed by atoms with E-state index >= 15 is 0 Å². The maximum absolute atomic E-state index is 12.8. The number of carbonyl (C=O) groups excluding carboxylic acids is 1. The number of rotatable bonds is 6. The number of amides is 1. The Morgan fingerprint density at radius 3 is 2.82 bits per heavy atom. The Labute approximate surface area is 173 Å². The molecule has 1 aliphatic heterocycles.